The lowest BCUT2D eigenvalue weighted by Crippen LogP contribution is -2.61. The highest BCUT2D eigenvalue weighted by Gasteiger charge is 2.78. The van der Waals surface area contributed by atoms with Crippen LogP contribution in [0.25, 0.3) is 0 Å². The molecule has 1 aromatic carbocycles. The highest BCUT2D eigenvalue weighted by atomic mass is 16.5. The van der Waals surface area contributed by atoms with E-state index in [1.165, 1.54) is 4.90 Å². The molecule has 0 saturated carbocycles. The van der Waals surface area contributed by atoms with E-state index < -0.39 is 40.7 Å². The molecule has 3 amide bonds. The normalized spacial score (nSPS) is 32.4. The molecular formula is C28H41N3O5. The minimum Gasteiger partial charge on any atom is -0.394 e. The Labute approximate surface area is 214 Å². The third-order valence-corrected chi connectivity index (χ3v) is 7.96. The Morgan fingerprint density at radius 3 is 2.36 bits per heavy atom. The maximum absolute atomic E-state index is 14.0. The first-order valence-corrected chi connectivity index (χ1v) is 13.0. The van der Waals surface area contributed by atoms with Crippen LogP contribution in [0.15, 0.2) is 30.3 Å². The van der Waals surface area contributed by atoms with E-state index in [1.807, 2.05) is 39.0 Å². The van der Waals surface area contributed by atoms with Crippen LogP contribution in [0, 0.1) is 17.3 Å². The molecule has 2 bridgehead atoms. The Bertz CT molecular complexity index is 1040. The summed E-state index contributed by atoms with van der Waals surface area (Å²) in [7, 11) is 0. The Morgan fingerprint density at radius 1 is 1.14 bits per heavy atom. The van der Waals surface area contributed by atoms with Crippen LogP contribution in [0.5, 0.6) is 0 Å². The predicted octanol–water partition coefficient (Wildman–Crippen LogP) is 3.10. The number of carbonyl (C=O) groups is 3. The van der Waals surface area contributed by atoms with E-state index in [2.05, 4.69) is 31.4 Å². The van der Waals surface area contributed by atoms with Gasteiger partial charge in [-0.2, -0.15) is 0 Å². The lowest BCUT2D eigenvalue weighted by Gasteiger charge is -2.39. The quantitative estimate of drug-likeness (QED) is 0.534. The molecule has 1 aromatic rings. The third kappa shape index (κ3) is 4.43. The molecule has 3 saturated heterocycles. The van der Waals surface area contributed by atoms with E-state index in [0.717, 1.165) is 6.42 Å². The van der Waals surface area contributed by atoms with Gasteiger partial charge in [0.2, 0.25) is 17.7 Å². The second-order valence-corrected chi connectivity index (χ2v) is 13.0. The largest absolute Gasteiger partial charge is 0.394 e. The van der Waals surface area contributed by atoms with Crippen molar-refractivity contribution in [3.63, 3.8) is 0 Å². The summed E-state index contributed by atoms with van der Waals surface area (Å²) in [4.78, 5) is 43.0. The average Bonchev–Trinajstić information content (AvgIpc) is 3.32. The molecule has 36 heavy (non-hydrogen) atoms. The average molecular weight is 500 g/mol. The summed E-state index contributed by atoms with van der Waals surface area (Å²) in [5.74, 6) is -2.42. The van der Waals surface area contributed by atoms with Crippen molar-refractivity contribution in [3.05, 3.63) is 30.3 Å². The predicted molar refractivity (Wildman–Crippen MR) is 137 cm³/mol. The Balaban J connectivity index is 1.70. The summed E-state index contributed by atoms with van der Waals surface area (Å²) in [5.41, 5.74) is -1.86. The number of aliphatic hydroxyl groups is 1. The molecule has 198 valence electrons. The maximum atomic E-state index is 14.0. The molecule has 2 unspecified atom stereocenters. The van der Waals surface area contributed by atoms with Crippen molar-refractivity contribution in [2.24, 2.45) is 17.3 Å². The molecule has 0 aliphatic carbocycles. The number of likely N-dealkylation sites (tertiary alicyclic amines) is 1. The van der Waals surface area contributed by atoms with Crippen molar-refractivity contribution in [2.75, 3.05) is 11.9 Å². The van der Waals surface area contributed by atoms with Gasteiger partial charge in [0, 0.05) is 11.2 Å². The number of benzene rings is 1. The summed E-state index contributed by atoms with van der Waals surface area (Å²) in [6.45, 7) is 13.6. The molecule has 6 atom stereocenters. The summed E-state index contributed by atoms with van der Waals surface area (Å²) in [6.07, 6.45) is 1.81. The molecule has 0 radical (unpaired) electrons. The molecular weight excluding hydrogens is 458 g/mol. The van der Waals surface area contributed by atoms with Crippen LogP contribution in [-0.2, 0) is 19.1 Å². The maximum Gasteiger partial charge on any atom is 0.246 e. The molecule has 3 heterocycles. The number of hydrogen-bond donors (Lipinski definition) is 3. The third-order valence-electron chi connectivity index (χ3n) is 7.96. The Morgan fingerprint density at radius 2 is 1.78 bits per heavy atom. The highest BCUT2D eigenvalue weighted by molar-refractivity contribution is 6.02. The van der Waals surface area contributed by atoms with Gasteiger partial charge in [0.1, 0.15) is 11.6 Å². The Hall–Kier alpha value is -2.45. The number of nitrogens with one attached hydrogen (secondary N) is 2. The number of carbonyl (C=O) groups excluding carboxylic acids is 3. The van der Waals surface area contributed by atoms with Crippen molar-refractivity contribution in [3.8, 4) is 0 Å². The molecule has 4 rings (SSSR count). The standard InChI is InChI=1S/C28H41N3O5/c1-17(15-32)31-21(23(34)30-26(5,6)16-25(2,3)4)28-14-13-27(7,36-28)19(20(28)24(31)35)22(33)29-18-11-9-8-10-12-18/h8-12,17,19-21,32H,13-16H2,1-7H3,(H,29,33)(H,30,34)/t17-,19+,20+,21?,27-,28?/m1/s1. The first kappa shape index (κ1) is 26.6. The lowest BCUT2D eigenvalue weighted by molar-refractivity contribution is -0.149. The zero-order valence-electron chi connectivity index (χ0n) is 22.6. The van der Waals surface area contributed by atoms with Crippen molar-refractivity contribution < 1.29 is 24.2 Å². The van der Waals surface area contributed by atoms with E-state index in [-0.39, 0.29) is 29.7 Å². The van der Waals surface area contributed by atoms with Gasteiger partial charge in [0.05, 0.1) is 30.1 Å². The summed E-state index contributed by atoms with van der Waals surface area (Å²) >= 11 is 0. The highest BCUT2D eigenvalue weighted by Crippen LogP contribution is 2.63. The van der Waals surface area contributed by atoms with Crippen LogP contribution in [0.3, 0.4) is 0 Å². The zero-order chi connectivity index (χ0) is 26.7. The van der Waals surface area contributed by atoms with Gasteiger partial charge in [-0.1, -0.05) is 39.0 Å². The zero-order valence-corrected chi connectivity index (χ0v) is 22.6. The smallest absolute Gasteiger partial charge is 0.246 e. The monoisotopic (exact) mass is 499 g/mol. The molecule has 3 aliphatic heterocycles. The number of fused-ring (bicyclic) bond motifs is 1. The van der Waals surface area contributed by atoms with Crippen LogP contribution in [0.2, 0.25) is 0 Å². The van der Waals surface area contributed by atoms with Crippen molar-refractivity contribution >= 4 is 23.4 Å². The van der Waals surface area contributed by atoms with Gasteiger partial charge in [-0.25, -0.2) is 0 Å². The van der Waals surface area contributed by atoms with Crippen LogP contribution >= 0.6 is 0 Å². The number of aliphatic hydroxyl groups excluding tert-OH is 1. The van der Waals surface area contributed by atoms with Gasteiger partial charge >= 0.3 is 0 Å². The SMILES string of the molecule is C[C@H](CO)N1C(=O)[C@@H]2[C@@H](C(=O)Nc3ccccc3)[C@@]3(C)CCC2(O3)C1C(=O)NC(C)(C)CC(C)(C)C. The first-order chi connectivity index (χ1) is 16.6. The van der Waals surface area contributed by atoms with Crippen LogP contribution in [-0.4, -0.2) is 63.2 Å². The van der Waals surface area contributed by atoms with Crippen LogP contribution < -0.4 is 10.6 Å². The molecule has 0 aromatic heterocycles. The lowest BCUT2D eigenvalue weighted by atomic mass is 9.66. The molecule has 8 nitrogen and oxygen atoms in total. The van der Waals surface area contributed by atoms with Gasteiger partial charge in [-0.15, -0.1) is 0 Å². The number of anilines is 1. The van der Waals surface area contributed by atoms with E-state index >= 15 is 0 Å². The molecule has 1 spiro atoms. The van der Waals surface area contributed by atoms with Crippen LogP contribution in [0.1, 0.15) is 67.7 Å². The fourth-order valence-electron chi connectivity index (χ4n) is 7.14. The van der Waals surface area contributed by atoms with E-state index in [1.54, 1.807) is 19.1 Å². The number of ether oxygens (including phenoxy) is 1. The van der Waals surface area contributed by atoms with Gasteiger partial charge in [0.25, 0.3) is 0 Å². The fourth-order valence-corrected chi connectivity index (χ4v) is 7.14. The van der Waals surface area contributed by atoms with Gasteiger partial charge in [-0.3, -0.25) is 14.4 Å². The van der Waals surface area contributed by atoms with Crippen molar-refractivity contribution in [1.29, 1.82) is 0 Å². The minimum atomic E-state index is -1.12. The fraction of sp³-hybridized carbons (Fsp3) is 0.679. The van der Waals surface area contributed by atoms with E-state index in [0.29, 0.717) is 18.5 Å². The molecule has 3 N–H and O–H groups in total. The number of hydrogen-bond acceptors (Lipinski definition) is 5. The molecule has 8 heteroatoms. The van der Waals surface area contributed by atoms with Crippen LogP contribution in [0.4, 0.5) is 5.69 Å². The second kappa shape index (κ2) is 8.84. The second-order valence-electron chi connectivity index (χ2n) is 13.0. The van der Waals surface area contributed by atoms with Gasteiger partial charge in [0.15, 0.2) is 0 Å². The van der Waals surface area contributed by atoms with E-state index in [4.69, 9.17) is 4.74 Å². The summed E-state index contributed by atoms with van der Waals surface area (Å²) in [6, 6.07) is 7.62. The van der Waals surface area contributed by atoms with E-state index in [9.17, 15) is 19.5 Å². The van der Waals surface area contributed by atoms with Crippen molar-refractivity contribution in [2.45, 2.75) is 96.6 Å². The summed E-state index contributed by atoms with van der Waals surface area (Å²) in [5, 5.41) is 16.1. The summed E-state index contributed by atoms with van der Waals surface area (Å²) < 4.78 is 6.62. The van der Waals surface area contributed by atoms with Crippen molar-refractivity contribution in [1.82, 2.24) is 10.2 Å². The molecule has 3 aliphatic rings. The number of para-hydroxylation sites is 1. The first-order valence-electron chi connectivity index (χ1n) is 13.0. The van der Waals surface area contributed by atoms with Gasteiger partial charge in [-0.05, 0) is 64.5 Å². The number of amides is 3. The van der Waals surface area contributed by atoms with Gasteiger partial charge < -0.3 is 25.4 Å². The Kier molecular flexibility index (Phi) is 6.53. The minimum absolute atomic E-state index is 0.0163. The topological polar surface area (TPSA) is 108 Å². The number of nitrogens with zero attached hydrogens (tertiary/aromatic N) is 1. The number of rotatable bonds is 7. The molecule has 3 fully saturated rings.